The molecule has 2 unspecified atom stereocenters. The summed E-state index contributed by atoms with van der Waals surface area (Å²) in [6.45, 7) is 2.94. The van der Waals surface area contributed by atoms with Crippen LogP contribution in [0, 0.1) is 0 Å². The Morgan fingerprint density at radius 3 is 2.95 bits per heavy atom. The molecule has 20 heavy (non-hydrogen) atoms. The lowest BCUT2D eigenvalue weighted by Crippen LogP contribution is -2.52. The molecule has 114 valence electrons. The molecule has 0 aliphatic carbocycles. The lowest BCUT2D eigenvalue weighted by Gasteiger charge is -2.34. The first-order chi connectivity index (χ1) is 9.58. The van der Waals surface area contributed by atoms with Crippen LogP contribution in [0.15, 0.2) is 17.5 Å². The minimum Gasteiger partial charge on any atom is -0.329 e. The van der Waals surface area contributed by atoms with Crippen molar-refractivity contribution in [3.63, 3.8) is 0 Å². The van der Waals surface area contributed by atoms with Gasteiger partial charge < -0.3 is 5.73 Å². The quantitative estimate of drug-likeness (QED) is 0.841. The number of hydrogen-bond donors (Lipinski definition) is 2. The molecular formula is C13H23N3O2S2. The number of nitrogens with zero attached hydrogens (tertiary/aromatic N) is 1. The normalized spacial score (nSPS) is 22.8. The van der Waals surface area contributed by atoms with E-state index in [1.807, 2.05) is 24.4 Å². The van der Waals surface area contributed by atoms with Crippen LogP contribution in [-0.2, 0) is 10.2 Å². The summed E-state index contributed by atoms with van der Waals surface area (Å²) in [5.74, 6) is 0. The molecule has 1 aliphatic rings. The van der Waals surface area contributed by atoms with Crippen LogP contribution in [0.2, 0.25) is 0 Å². The Balaban J connectivity index is 2.13. The van der Waals surface area contributed by atoms with Gasteiger partial charge in [0.1, 0.15) is 0 Å². The van der Waals surface area contributed by atoms with Crippen molar-refractivity contribution in [3.8, 4) is 0 Å². The summed E-state index contributed by atoms with van der Waals surface area (Å²) in [5, 5.41) is 1.97. The predicted octanol–water partition coefficient (Wildman–Crippen LogP) is 1.85. The van der Waals surface area contributed by atoms with Crippen molar-refractivity contribution in [3.05, 3.63) is 22.4 Å². The Bertz CT molecular complexity index is 502. The third kappa shape index (κ3) is 3.59. The van der Waals surface area contributed by atoms with Crippen molar-refractivity contribution < 1.29 is 8.42 Å². The van der Waals surface area contributed by atoms with Crippen LogP contribution >= 0.6 is 11.3 Å². The number of piperidine rings is 1. The van der Waals surface area contributed by atoms with Crippen LogP contribution in [0.5, 0.6) is 0 Å². The second kappa shape index (κ2) is 7.00. The van der Waals surface area contributed by atoms with Gasteiger partial charge in [0, 0.05) is 24.0 Å². The van der Waals surface area contributed by atoms with E-state index in [0.717, 1.165) is 30.6 Å². The smallest absolute Gasteiger partial charge is 0.280 e. The number of nitrogens with two attached hydrogens (primary N) is 1. The molecular weight excluding hydrogens is 294 g/mol. The van der Waals surface area contributed by atoms with Gasteiger partial charge in [0.05, 0.1) is 6.04 Å². The van der Waals surface area contributed by atoms with E-state index in [0.29, 0.717) is 13.1 Å². The number of thiophene rings is 1. The SMILES string of the molecule is CCC(NS(=O)(=O)N1CCCCC1CN)c1cccs1. The van der Waals surface area contributed by atoms with E-state index in [9.17, 15) is 8.42 Å². The zero-order chi connectivity index (χ0) is 14.6. The Kier molecular flexibility index (Phi) is 5.57. The molecule has 0 radical (unpaired) electrons. The lowest BCUT2D eigenvalue weighted by molar-refractivity contribution is 0.253. The van der Waals surface area contributed by atoms with Crippen molar-refractivity contribution in [1.82, 2.24) is 9.03 Å². The summed E-state index contributed by atoms with van der Waals surface area (Å²) >= 11 is 1.58. The highest BCUT2D eigenvalue weighted by molar-refractivity contribution is 7.87. The van der Waals surface area contributed by atoms with Gasteiger partial charge in [0.2, 0.25) is 0 Å². The summed E-state index contributed by atoms with van der Waals surface area (Å²) in [6.07, 6.45) is 3.55. The number of rotatable bonds is 6. The van der Waals surface area contributed by atoms with Crippen LogP contribution in [0.4, 0.5) is 0 Å². The zero-order valence-corrected chi connectivity index (χ0v) is 13.4. The second-order valence-electron chi connectivity index (χ2n) is 5.10. The van der Waals surface area contributed by atoms with Crippen molar-refractivity contribution in [2.45, 2.75) is 44.7 Å². The Morgan fingerprint density at radius 2 is 2.35 bits per heavy atom. The molecule has 2 atom stereocenters. The molecule has 1 aliphatic heterocycles. The van der Waals surface area contributed by atoms with E-state index in [-0.39, 0.29) is 12.1 Å². The van der Waals surface area contributed by atoms with Crippen molar-refractivity contribution in [2.75, 3.05) is 13.1 Å². The highest BCUT2D eigenvalue weighted by Gasteiger charge is 2.33. The monoisotopic (exact) mass is 317 g/mol. The van der Waals surface area contributed by atoms with E-state index >= 15 is 0 Å². The topological polar surface area (TPSA) is 75.4 Å². The Labute approximate surface area is 125 Å². The first kappa shape index (κ1) is 15.9. The maximum Gasteiger partial charge on any atom is 0.280 e. The fourth-order valence-electron chi connectivity index (χ4n) is 2.61. The molecule has 0 amide bonds. The van der Waals surface area contributed by atoms with E-state index in [4.69, 9.17) is 5.73 Å². The lowest BCUT2D eigenvalue weighted by atomic mass is 10.1. The molecule has 3 N–H and O–H groups in total. The molecule has 1 aromatic heterocycles. The van der Waals surface area contributed by atoms with Gasteiger partial charge >= 0.3 is 0 Å². The number of hydrogen-bond acceptors (Lipinski definition) is 4. The predicted molar refractivity (Wildman–Crippen MR) is 82.8 cm³/mol. The van der Waals surface area contributed by atoms with Crippen LogP contribution in [-0.4, -0.2) is 31.9 Å². The molecule has 0 spiro atoms. The molecule has 0 aromatic carbocycles. The molecule has 0 bridgehead atoms. The van der Waals surface area contributed by atoms with E-state index in [1.165, 1.54) is 0 Å². The van der Waals surface area contributed by atoms with Gasteiger partial charge in [0.15, 0.2) is 0 Å². The fourth-order valence-corrected chi connectivity index (χ4v) is 5.28. The Hall–Kier alpha value is -0.470. The highest BCUT2D eigenvalue weighted by Crippen LogP contribution is 2.25. The van der Waals surface area contributed by atoms with Gasteiger partial charge in [-0.3, -0.25) is 0 Å². The van der Waals surface area contributed by atoms with Crippen molar-refractivity contribution in [2.24, 2.45) is 5.73 Å². The zero-order valence-electron chi connectivity index (χ0n) is 11.8. The van der Waals surface area contributed by atoms with Gasteiger partial charge in [-0.2, -0.15) is 17.4 Å². The first-order valence-electron chi connectivity index (χ1n) is 7.11. The molecule has 0 saturated carbocycles. The van der Waals surface area contributed by atoms with E-state index in [2.05, 4.69) is 4.72 Å². The average molecular weight is 317 g/mol. The van der Waals surface area contributed by atoms with Crippen molar-refractivity contribution >= 4 is 21.5 Å². The summed E-state index contributed by atoms with van der Waals surface area (Å²) < 4.78 is 29.5. The van der Waals surface area contributed by atoms with Gasteiger partial charge in [-0.15, -0.1) is 11.3 Å². The molecule has 5 nitrogen and oxygen atoms in total. The summed E-state index contributed by atoms with van der Waals surface area (Å²) in [7, 11) is -3.47. The maximum atomic E-state index is 12.6. The van der Waals surface area contributed by atoms with Gasteiger partial charge in [-0.05, 0) is 30.7 Å². The van der Waals surface area contributed by atoms with Crippen molar-refractivity contribution in [1.29, 1.82) is 0 Å². The second-order valence-corrected chi connectivity index (χ2v) is 7.73. The highest BCUT2D eigenvalue weighted by atomic mass is 32.2. The van der Waals surface area contributed by atoms with Crippen LogP contribution < -0.4 is 10.5 Å². The van der Waals surface area contributed by atoms with Crippen LogP contribution in [0.25, 0.3) is 0 Å². The molecule has 7 heteroatoms. The minimum atomic E-state index is -3.47. The van der Waals surface area contributed by atoms with Gasteiger partial charge in [0.25, 0.3) is 10.2 Å². The van der Waals surface area contributed by atoms with Crippen LogP contribution in [0.3, 0.4) is 0 Å². The average Bonchev–Trinajstić information content (AvgIpc) is 2.98. The Morgan fingerprint density at radius 1 is 1.55 bits per heavy atom. The first-order valence-corrected chi connectivity index (χ1v) is 9.43. The maximum absolute atomic E-state index is 12.6. The fraction of sp³-hybridized carbons (Fsp3) is 0.692. The molecule has 1 fully saturated rings. The molecule has 2 heterocycles. The summed E-state index contributed by atoms with van der Waals surface area (Å²) in [4.78, 5) is 1.05. The summed E-state index contributed by atoms with van der Waals surface area (Å²) in [6, 6.07) is 3.70. The van der Waals surface area contributed by atoms with Gasteiger partial charge in [-0.1, -0.05) is 19.4 Å². The summed E-state index contributed by atoms with van der Waals surface area (Å²) in [5.41, 5.74) is 5.72. The van der Waals surface area contributed by atoms with Gasteiger partial charge in [-0.25, -0.2) is 0 Å². The van der Waals surface area contributed by atoms with Crippen LogP contribution in [0.1, 0.15) is 43.5 Å². The molecule has 1 aromatic rings. The van der Waals surface area contributed by atoms with E-state index in [1.54, 1.807) is 15.6 Å². The third-order valence-corrected chi connectivity index (χ3v) is 6.41. The van der Waals surface area contributed by atoms with E-state index < -0.39 is 10.2 Å². The molecule has 1 saturated heterocycles. The third-order valence-electron chi connectivity index (χ3n) is 3.74. The largest absolute Gasteiger partial charge is 0.329 e. The number of nitrogens with one attached hydrogen (secondary N) is 1. The standard InChI is InChI=1S/C13H23N3O2S2/c1-2-12(13-7-5-9-19-13)15-20(17,18)16-8-4-3-6-11(16)10-14/h5,7,9,11-12,15H,2-4,6,8,10,14H2,1H3. The minimum absolute atomic E-state index is 0.0675. The molecule has 2 rings (SSSR count).